The number of halogens is 1. The molecule has 1 aliphatic carbocycles. The van der Waals surface area contributed by atoms with Gasteiger partial charge in [-0.25, -0.2) is 0 Å². The molecule has 22 heavy (non-hydrogen) atoms. The van der Waals surface area contributed by atoms with Crippen molar-refractivity contribution in [3.63, 3.8) is 0 Å². The van der Waals surface area contributed by atoms with Gasteiger partial charge < -0.3 is 15.2 Å². The molecule has 1 aromatic carbocycles. The minimum absolute atomic E-state index is 0.100. The summed E-state index contributed by atoms with van der Waals surface area (Å²) in [5.74, 6) is -1.04. The van der Waals surface area contributed by atoms with Crippen molar-refractivity contribution in [1.82, 2.24) is 5.32 Å². The molecule has 1 heterocycles. The molecule has 2 aliphatic rings. The minimum Gasteiger partial charge on any atom is -0.481 e. The van der Waals surface area contributed by atoms with Crippen molar-refractivity contribution >= 4 is 23.5 Å². The van der Waals surface area contributed by atoms with E-state index >= 15 is 0 Å². The summed E-state index contributed by atoms with van der Waals surface area (Å²) < 4.78 is 5.29. The van der Waals surface area contributed by atoms with Crippen LogP contribution in [-0.2, 0) is 14.3 Å². The Hall–Kier alpha value is -1.59. The third kappa shape index (κ3) is 3.10. The fourth-order valence-corrected chi connectivity index (χ4v) is 3.41. The van der Waals surface area contributed by atoms with Crippen LogP contribution in [0.25, 0.3) is 0 Å². The van der Waals surface area contributed by atoms with Crippen LogP contribution in [0.1, 0.15) is 30.7 Å². The van der Waals surface area contributed by atoms with Crippen LogP contribution in [0.2, 0.25) is 5.02 Å². The molecule has 0 bridgehead atoms. The van der Waals surface area contributed by atoms with Crippen molar-refractivity contribution in [3.8, 4) is 0 Å². The smallest absolute Gasteiger partial charge is 0.305 e. The van der Waals surface area contributed by atoms with Gasteiger partial charge in [-0.2, -0.15) is 0 Å². The van der Waals surface area contributed by atoms with E-state index in [0.29, 0.717) is 18.1 Å². The minimum atomic E-state index is -0.927. The number of carboxylic acid groups (broad SMARTS) is 1. The lowest BCUT2D eigenvalue weighted by Crippen LogP contribution is -2.51. The summed E-state index contributed by atoms with van der Waals surface area (Å²) in [5, 5.41) is 12.6. The number of nitrogens with one attached hydrogen (secondary N) is 1. The summed E-state index contributed by atoms with van der Waals surface area (Å²) >= 11 is 6.17. The molecule has 6 heteroatoms. The number of hydrogen-bond acceptors (Lipinski definition) is 3. The molecule has 2 fully saturated rings. The van der Waals surface area contributed by atoms with E-state index in [0.717, 1.165) is 12.0 Å². The molecule has 1 aliphatic heterocycles. The molecule has 2 N–H and O–H groups in total. The quantitative estimate of drug-likeness (QED) is 0.871. The van der Waals surface area contributed by atoms with E-state index in [1.807, 2.05) is 24.3 Å². The highest BCUT2D eigenvalue weighted by Gasteiger charge is 2.48. The van der Waals surface area contributed by atoms with Gasteiger partial charge in [0.2, 0.25) is 5.91 Å². The van der Waals surface area contributed by atoms with E-state index in [1.165, 1.54) is 0 Å². The summed E-state index contributed by atoms with van der Waals surface area (Å²) in [5.41, 5.74) is 0.218. The lowest BCUT2D eigenvalue weighted by molar-refractivity contribution is -0.139. The van der Waals surface area contributed by atoms with Gasteiger partial charge in [0.05, 0.1) is 18.6 Å². The summed E-state index contributed by atoms with van der Waals surface area (Å²) in [6.45, 7) is 0.737. The van der Waals surface area contributed by atoms with Gasteiger partial charge in [-0.15, -0.1) is 0 Å². The third-order valence-electron chi connectivity index (χ3n) is 4.41. The standard InChI is InChI=1S/C16H18ClNO4/c17-13-4-2-1-3-10(13)11-7-12(11)15(21)18-16(8-14(19)20)5-6-22-9-16/h1-4,11-12H,5-9H2,(H,18,21)(H,19,20). The Morgan fingerprint density at radius 1 is 1.41 bits per heavy atom. The van der Waals surface area contributed by atoms with Crippen LogP contribution >= 0.6 is 11.6 Å². The summed E-state index contributed by atoms with van der Waals surface area (Å²) in [6.07, 6.45) is 1.18. The first kappa shape index (κ1) is 15.3. The first-order valence-electron chi connectivity index (χ1n) is 7.37. The van der Waals surface area contributed by atoms with Crippen molar-refractivity contribution in [3.05, 3.63) is 34.9 Å². The Kier molecular flexibility index (Phi) is 4.10. The predicted octanol–water partition coefficient (Wildman–Crippen LogP) is 2.19. The van der Waals surface area contributed by atoms with E-state index in [4.69, 9.17) is 21.4 Å². The molecule has 3 unspecified atom stereocenters. The second kappa shape index (κ2) is 5.89. The number of carbonyl (C=O) groups excluding carboxylic acids is 1. The highest BCUT2D eigenvalue weighted by Crippen LogP contribution is 2.50. The van der Waals surface area contributed by atoms with E-state index < -0.39 is 11.5 Å². The first-order chi connectivity index (χ1) is 10.5. The van der Waals surface area contributed by atoms with Crippen molar-refractivity contribution in [2.24, 2.45) is 5.92 Å². The summed E-state index contributed by atoms with van der Waals surface area (Å²) in [6, 6.07) is 7.53. The second-order valence-corrected chi connectivity index (χ2v) is 6.52. The van der Waals surface area contributed by atoms with Gasteiger partial charge in [0.15, 0.2) is 0 Å². The summed E-state index contributed by atoms with van der Waals surface area (Å²) in [4.78, 5) is 23.5. The lowest BCUT2D eigenvalue weighted by atomic mass is 9.94. The maximum Gasteiger partial charge on any atom is 0.305 e. The Morgan fingerprint density at radius 2 is 2.18 bits per heavy atom. The van der Waals surface area contributed by atoms with Crippen molar-refractivity contribution < 1.29 is 19.4 Å². The zero-order valence-electron chi connectivity index (χ0n) is 12.0. The fraction of sp³-hybridized carbons (Fsp3) is 0.500. The third-order valence-corrected chi connectivity index (χ3v) is 4.76. The van der Waals surface area contributed by atoms with Gasteiger partial charge in [0, 0.05) is 17.5 Å². The number of rotatable bonds is 5. The Balaban J connectivity index is 1.66. The monoisotopic (exact) mass is 323 g/mol. The Morgan fingerprint density at radius 3 is 2.82 bits per heavy atom. The Labute approximate surface area is 133 Å². The molecule has 1 saturated heterocycles. The van der Waals surface area contributed by atoms with E-state index in [2.05, 4.69) is 5.32 Å². The van der Waals surface area contributed by atoms with Gasteiger partial charge >= 0.3 is 5.97 Å². The van der Waals surface area contributed by atoms with Crippen LogP contribution < -0.4 is 5.32 Å². The van der Waals surface area contributed by atoms with Gasteiger partial charge in [0.25, 0.3) is 0 Å². The van der Waals surface area contributed by atoms with E-state index in [-0.39, 0.29) is 30.8 Å². The number of ether oxygens (including phenoxy) is 1. The van der Waals surface area contributed by atoms with Crippen LogP contribution in [0.3, 0.4) is 0 Å². The molecule has 3 atom stereocenters. The first-order valence-corrected chi connectivity index (χ1v) is 7.74. The van der Waals surface area contributed by atoms with Crippen LogP contribution in [0.4, 0.5) is 0 Å². The molecule has 0 radical (unpaired) electrons. The van der Waals surface area contributed by atoms with E-state index in [1.54, 1.807) is 0 Å². The molecule has 0 aromatic heterocycles. The number of hydrogen-bond donors (Lipinski definition) is 2. The van der Waals surface area contributed by atoms with E-state index in [9.17, 15) is 9.59 Å². The molecule has 3 rings (SSSR count). The normalized spacial score (nSPS) is 30.0. The predicted molar refractivity (Wildman–Crippen MR) is 80.9 cm³/mol. The zero-order valence-corrected chi connectivity index (χ0v) is 12.8. The van der Waals surface area contributed by atoms with Crippen LogP contribution in [0.5, 0.6) is 0 Å². The molecule has 118 valence electrons. The average Bonchev–Trinajstić information content (AvgIpc) is 3.13. The molecule has 1 aromatic rings. The molecule has 5 nitrogen and oxygen atoms in total. The van der Waals surface area contributed by atoms with Crippen LogP contribution in [-0.4, -0.2) is 35.7 Å². The maximum absolute atomic E-state index is 12.4. The number of carboxylic acids is 1. The van der Waals surface area contributed by atoms with Crippen LogP contribution in [0.15, 0.2) is 24.3 Å². The molecule has 0 spiro atoms. The highest BCUT2D eigenvalue weighted by atomic mass is 35.5. The number of benzene rings is 1. The second-order valence-electron chi connectivity index (χ2n) is 6.11. The Bertz CT molecular complexity index is 598. The summed E-state index contributed by atoms with van der Waals surface area (Å²) in [7, 11) is 0. The zero-order chi connectivity index (χ0) is 15.7. The largest absolute Gasteiger partial charge is 0.481 e. The van der Waals surface area contributed by atoms with Gasteiger partial charge in [-0.1, -0.05) is 29.8 Å². The van der Waals surface area contributed by atoms with Gasteiger partial charge in [-0.05, 0) is 30.4 Å². The van der Waals surface area contributed by atoms with Crippen molar-refractivity contribution in [2.75, 3.05) is 13.2 Å². The topological polar surface area (TPSA) is 75.6 Å². The number of amides is 1. The molecular weight excluding hydrogens is 306 g/mol. The number of aliphatic carboxylic acids is 1. The van der Waals surface area contributed by atoms with Gasteiger partial charge in [-0.3, -0.25) is 9.59 Å². The molecule has 1 amide bonds. The van der Waals surface area contributed by atoms with Gasteiger partial charge in [0.1, 0.15) is 0 Å². The van der Waals surface area contributed by atoms with Crippen molar-refractivity contribution in [1.29, 1.82) is 0 Å². The molecular formula is C16H18ClNO4. The fourth-order valence-electron chi connectivity index (χ4n) is 3.14. The van der Waals surface area contributed by atoms with Crippen molar-refractivity contribution in [2.45, 2.75) is 30.7 Å². The van der Waals surface area contributed by atoms with Crippen LogP contribution in [0, 0.1) is 5.92 Å². The number of carbonyl (C=O) groups is 2. The molecule has 1 saturated carbocycles. The highest BCUT2D eigenvalue weighted by molar-refractivity contribution is 6.31. The maximum atomic E-state index is 12.4. The average molecular weight is 324 g/mol. The lowest BCUT2D eigenvalue weighted by Gasteiger charge is -2.27. The SMILES string of the molecule is O=C(O)CC1(NC(=O)C2CC2c2ccccc2Cl)CCOC1.